The van der Waals surface area contributed by atoms with Gasteiger partial charge in [-0.15, -0.1) is 0 Å². The minimum absolute atomic E-state index is 0.00153. The van der Waals surface area contributed by atoms with Crippen LogP contribution in [0.4, 0.5) is 0 Å². The topological polar surface area (TPSA) is 66.8 Å². The third-order valence-corrected chi connectivity index (χ3v) is 4.84. The van der Waals surface area contributed by atoms with Crippen LogP contribution < -0.4 is 0 Å². The Kier molecular flexibility index (Phi) is 4.37. The summed E-state index contributed by atoms with van der Waals surface area (Å²) >= 11 is 0. The lowest BCUT2D eigenvalue weighted by molar-refractivity contribution is -0.154. The molecule has 20 heavy (non-hydrogen) atoms. The molecule has 2 rings (SSSR count). The molecule has 1 amide bonds. The van der Waals surface area contributed by atoms with Gasteiger partial charge >= 0.3 is 5.97 Å². The van der Waals surface area contributed by atoms with Crippen LogP contribution in [0.1, 0.15) is 46.0 Å². The normalized spacial score (nSPS) is 33.0. The van der Waals surface area contributed by atoms with Gasteiger partial charge in [-0.05, 0) is 18.3 Å². The number of methoxy groups -OCH3 is 1. The summed E-state index contributed by atoms with van der Waals surface area (Å²) in [6.07, 6.45) is 3.76. The molecule has 3 unspecified atom stereocenters. The van der Waals surface area contributed by atoms with Gasteiger partial charge in [-0.25, -0.2) is 4.79 Å². The van der Waals surface area contributed by atoms with E-state index in [-0.39, 0.29) is 30.2 Å². The van der Waals surface area contributed by atoms with Crippen molar-refractivity contribution in [1.29, 1.82) is 0 Å². The van der Waals surface area contributed by atoms with Crippen molar-refractivity contribution in [3.63, 3.8) is 0 Å². The van der Waals surface area contributed by atoms with Gasteiger partial charge in [0, 0.05) is 18.9 Å². The lowest BCUT2D eigenvalue weighted by Gasteiger charge is -2.40. The van der Waals surface area contributed by atoms with Crippen molar-refractivity contribution in [3.05, 3.63) is 0 Å². The van der Waals surface area contributed by atoms with Crippen molar-refractivity contribution in [2.45, 2.75) is 58.1 Å². The molecular formula is C15H25NO4. The number of hydrogen-bond donors (Lipinski definition) is 1. The highest BCUT2D eigenvalue weighted by molar-refractivity contribution is 5.87. The molecule has 1 saturated heterocycles. The quantitative estimate of drug-likeness (QED) is 0.777. The van der Waals surface area contributed by atoms with Gasteiger partial charge in [-0.2, -0.15) is 0 Å². The predicted molar refractivity (Wildman–Crippen MR) is 73.9 cm³/mol. The molecule has 1 N–H and O–H groups in total. The van der Waals surface area contributed by atoms with E-state index in [1.54, 1.807) is 0 Å². The smallest absolute Gasteiger partial charge is 0.328 e. The molecule has 0 spiro atoms. The second-order valence-corrected chi connectivity index (χ2v) is 6.71. The Morgan fingerprint density at radius 1 is 1.30 bits per heavy atom. The zero-order valence-electron chi connectivity index (χ0n) is 12.6. The molecule has 2 fully saturated rings. The standard InChI is InChI=1S/C15H25NO4/c1-15(2)7-5-4-6-11(15)13(18)16-9-10(17)8-12(16)14(19)20-3/h10-12,17H,4-9H2,1-3H3. The van der Waals surface area contributed by atoms with Gasteiger partial charge in [0.05, 0.1) is 13.2 Å². The van der Waals surface area contributed by atoms with Crippen LogP contribution in [0, 0.1) is 11.3 Å². The van der Waals surface area contributed by atoms with E-state index in [9.17, 15) is 14.7 Å². The van der Waals surface area contributed by atoms with E-state index in [4.69, 9.17) is 4.74 Å². The second kappa shape index (κ2) is 5.72. The third kappa shape index (κ3) is 2.82. The number of amides is 1. The molecule has 3 atom stereocenters. The maximum atomic E-state index is 12.8. The number of carbonyl (C=O) groups excluding carboxylic acids is 2. The summed E-state index contributed by atoms with van der Waals surface area (Å²) in [5.41, 5.74) is -0.0381. The SMILES string of the molecule is COC(=O)C1CC(O)CN1C(=O)C1CCCCC1(C)C. The highest BCUT2D eigenvalue weighted by Gasteiger charge is 2.45. The average molecular weight is 283 g/mol. The average Bonchev–Trinajstić information content (AvgIpc) is 2.78. The van der Waals surface area contributed by atoms with Crippen LogP contribution in [0.3, 0.4) is 0 Å². The van der Waals surface area contributed by atoms with E-state index in [1.165, 1.54) is 12.0 Å². The van der Waals surface area contributed by atoms with E-state index < -0.39 is 18.1 Å². The minimum atomic E-state index is -0.630. The summed E-state index contributed by atoms with van der Waals surface area (Å²) in [6, 6.07) is -0.625. The number of hydrogen-bond acceptors (Lipinski definition) is 4. The van der Waals surface area contributed by atoms with Gasteiger partial charge in [0.15, 0.2) is 0 Å². The molecule has 0 radical (unpaired) electrons. The molecule has 0 aromatic rings. The highest BCUT2D eigenvalue weighted by atomic mass is 16.5. The van der Waals surface area contributed by atoms with Crippen molar-refractivity contribution in [1.82, 2.24) is 4.90 Å². The highest BCUT2D eigenvalue weighted by Crippen LogP contribution is 2.42. The van der Waals surface area contributed by atoms with Gasteiger partial charge in [-0.3, -0.25) is 4.79 Å². The van der Waals surface area contributed by atoms with Crippen LogP contribution in [0.25, 0.3) is 0 Å². The van der Waals surface area contributed by atoms with E-state index >= 15 is 0 Å². The molecule has 1 aliphatic heterocycles. The van der Waals surface area contributed by atoms with Gasteiger partial charge in [0.25, 0.3) is 0 Å². The number of β-amino-alcohol motifs (C(OH)–C–C–N with tert-alkyl or cyclic N) is 1. The zero-order chi connectivity index (χ0) is 14.9. The summed E-state index contributed by atoms with van der Waals surface area (Å²) < 4.78 is 4.76. The lowest BCUT2D eigenvalue weighted by Crippen LogP contribution is -2.48. The number of rotatable bonds is 2. The Hall–Kier alpha value is -1.10. The lowest BCUT2D eigenvalue weighted by atomic mass is 9.68. The van der Waals surface area contributed by atoms with Crippen LogP contribution in [0.15, 0.2) is 0 Å². The Labute approximate surface area is 120 Å². The Balaban J connectivity index is 2.16. The first-order chi connectivity index (χ1) is 9.36. The van der Waals surface area contributed by atoms with E-state index in [2.05, 4.69) is 13.8 Å². The van der Waals surface area contributed by atoms with Gasteiger partial charge < -0.3 is 14.7 Å². The molecule has 0 aromatic heterocycles. The summed E-state index contributed by atoms with van der Waals surface area (Å²) in [7, 11) is 1.32. The monoisotopic (exact) mass is 283 g/mol. The summed E-state index contributed by atoms with van der Waals surface area (Å²) in [4.78, 5) is 26.1. The molecule has 1 saturated carbocycles. The van der Waals surface area contributed by atoms with Crippen LogP contribution in [-0.4, -0.2) is 47.7 Å². The number of nitrogens with zero attached hydrogens (tertiary/aromatic N) is 1. The number of esters is 1. The van der Waals surface area contributed by atoms with Gasteiger partial charge in [0.1, 0.15) is 6.04 Å². The Morgan fingerprint density at radius 2 is 2.00 bits per heavy atom. The van der Waals surface area contributed by atoms with Gasteiger partial charge in [-0.1, -0.05) is 26.7 Å². The molecule has 114 valence electrons. The van der Waals surface area contributed by atoms with E-state index in [0.29, 0.717) is 0 Å². The fraction of sp³-hybridized carbons (Fsp3) is 0.867. The fourth-order valence-corrected chi connectivity index (χ4v) is 3.57. The van der Waals surface area contributed by atoms with Crippen LogP contribution in [-0.2, 0) is 14.3 Å². The van der Waals surface area contributed by atoms with Crippen molar-refractivity contribution >= 4 is 11.9 Å². The summed E-state index contributed by atoms with van der Waals surface area (Å²) in [5.74, 6) is -0.487. The molecule has 5 heteroatoms. The maximum Gasteiger partial charge on any atom is 0.328 e. The third-order valence-electron chi connectivity index (χ3n) is 4.84. The largest absolute Gasteiger partial charge is 0.467 e. The minimum Gasteiger partial charge on any atom is -0.467 e. The molecule has 1 heterocycles. The summed E-state index contributed by atoms with van der Waals surface area (Å²) in [5, 5.41) is 9.79. The molecule has 5 nitrogen and oxygen atoms in total. The first-order valence-corrected chi connectivity index (χ1v) is 7.43. The first-order valence-electron chi connectivity index (χ1n) is 7.43. The van der Waals surface area contributed by atoms with Crippen LogP contribution in [0.2, 0.25) is 0 Å². The van der Waals surface area contributed by atoms with Crippen molar-refractivity contribution in [3.8, 4) is 0 Å². The van der Waals surface area contributed by atoms with Gasteiger partial charge in [0.2, 0.25) is 5.91 Å². The number of aliphatic hydroxyl groups is 1. The van der Waals surface area contributed by atoms with Crippen molar-refractivity contribution in [2.24, 2.45) is 11.3 Å². The second-order valence-electron chi connectivity index (χ2n) is 6.71. The maximum absolute atomic E-state index is 12.8. The molecule has 2 aliphatic rings. The zero-order valence-corrected chi connectivity index (χ0v) is 12.6. The molecular weight excluding hydrogens is 258 g/mol. The Morgan fingerprint density at radius 3 is 2.60 bits per heavy atom. The molecule has 1 aliphatic carbocycles. The van der Waals surface area contributed by atoms with Crippen molar-refractivity contribution < 1.29 is 19.4 Å². The van der Waals surface area contributed by atoms with Crippen LogP contribution in [0.5, 0.6) is 0 Å². The molecule has 0 bridgehead atoms. The number of aliphatic hydroxyl groups excluding tert-OH is 1. The predicted octanol–water partition coefficient (Wildman–Crippen LogP) is 1.34. The molecule has 0 aromatic carbocycles. The number of likely N-dealkylation sites (tertiary alicyclic amines) is 1. The first kappa shape index (κ1) is 15.3. The summed E-state index contributed by atoms with van der Waals surface area (Å²) in [6.45, 7) is 4.48. The Bertz CT molecular complexity index is 393. The van der Waals surface area contributed by atoms with Crippen molar-refractivity contribution in [2.75, 3.05) is 13.7 Å². The fourth-order valence-electron chi connectivity index (χ4n) is 3.57. The van der Waals surface area contributed by atoms with E-state index in [1.807, 2.05) is 0 Å². The number of ether oxygens (including phenoxy) is 1. The van der Waals surface area contributed by atoms with E-state index in [0.717, 1.165) is 25.7 Å². The number of carbonyl (C=O) groups is 2. The van der Waals surface area contributed by atoms with Crippen LogP contribution >= 0.6 is 0 Å².